The van der Waals surface area contributed by atoms with E-state index in [1.54, 1.807) is 43.5 Å². The van der Waals surface area contributed by atoms with E-state index < -0.39 is 5.82 Å². The van der Waals surface area contributed by atoms with Crippen molar-refractivity contribution in [2.45, 2.75) is 11.4 Å². The lowest BCUT2D eigenvalue weighted by atomic mass is 10.2. The summed E-state index contributed by atoms with van der Waals surface area (Å²) in [7, 11) is 1.58. The topological polar surface area (TPSA) is 72.4 Å². The average molecular weight is 478 g/mol. The van der Waals surface area contributed by atoms with Crippen LogP contribution in [0.5, 0.6) is 5.75 Å². The summed E-state index contributed by atoms with van der Waals surface area (Å²) < 4.78 is 21.0. The second-order valence-electron chi connectivity index (χ2n) is 7.50. The minimum atomic E-state index is -0.464. The molecule has 0 bridgehead atoms. The quantitative estimate of drug-likeness (QED) is 0.335. The average Bonchev–Trinajstić information content (AvgIpc) is 3.22. The molecule has 8 heteroatoms. The first-order chi connectivity index (χ1) is 16.5. The number of amides is 2. The van der Waals surface area contributed by atoms with Crippen molar-refractivity contribution in [1.82, 2.24) is 9.88 Å². The fraction of sp³-hybridized carbons (Fsp3) is 0.154. The molecule has 1 heterocycles. The number of benzene rings is 3. The normalized spacial score (nSPS) is 10.8. The van der Waals surface area contributed by atoms with E-state index in [4.69, 9.17) is 4.74 Å². The van der Waals surface area contributed by atoms with Gasteiger partial charge in [-0.1, -0.05) is 30.3 Å². The number of rotatable bonds is 9. The number of para-hydroxylation sites is 2. The molecule has 2 amide bonds. The molecular formula is C26H24FN3O3S. The molecule has 3 aromatic carbocycles. The molecule has 1 aromatic heterocycles. The molecule has 0 fully saturated rings. The molecule has 6 nitrogen and oxygen atoms in total. The summed E-state index contributed by atoms with van der Waals surface area (Å²) in [6, 6.07) is 20.9. The Balaban J connectivity index is 1.37. The number of carbonyl (C=O) groups excluding carboxylic acids is 2. The van der Waals surface area contributed by atoms with Crippen molar-refractivity contribution >= 4 is 40.2 Å². The van der Waals surface area contributed by atoms with Crippen LogP contribution in [-0.2, 0) is 11.3 Å². The van der Waals surface area contributed by atoms with Crippen molar-refractivity contribution in [3.63, 3.8) is 0 Å². The van der Waals surface area contributed by atoms with Gasteiger partial charge in [-0.05, 0) is 42.5 Å². The van der Waals surface area contributed by atoms with Gasteiger partial charge in [0.2, 0.25) is 5.91 Å². The van der Waals surface area contributed by atoms with E-state index in [0.717, 1.165) is 15.8 Å². The monoisotopic (exact) mass is 477 g/mol. The number of nitrogens with zero attached hydrogens (tertiary/aromatic N) is 1. The summed E-state index contributed by atoms with van der Waals surface area (Å²) in [5, 5.41) is 6.56. The number of methoxy groups -OCH3 is 1. The molecule has 4 rings (SSSR count). The second-order valence-corrected chi connectivity index (χ2v) is 8.52. The third-order valence-electron chi connectivity index (χ3n) is 5.25. The first kappa shape index (κ1) is 23.4. The zero-order valence-corrected chi connectivity index (χ0v) is 19.4. The number of halogens is 1. The minimum absolute atomic E-state index is 0.149. The Kier molecular flexibility index (Phi) is 7.49. The van der Waals surface area contributed by atoms with Crippen LogP contribution in [0.25, 0.3) is 10.9 Å². The van der Waals surface area contributed by atoms with Gasteiger partial charge in [-0.25, -0.2) is 4.39 Å². The fourth-order valence-electron chi connectivity index (χ4n) is 3.54. The molecule has 0 atom stereocenters. The molecule has 0 aliphatic heterocycles. The Hall–Kier alpha value is -3.78. The smallest absolute Gasteiger partial charge is 0.251 e. The van der Waals surface area contributed by atoms with Crippen LogP contribution in [0.15, 0.2) is 83.9 Å². The molecule has 2 N–H and O–H groups in total. The van der Waals surface area contributed by atoms with E-state index in [9.17, 15) is 14.0 Å². The standard InChI is InChI=1S/C26H24FN3O3S/c1-33-19-12-10-18(11-13-19)26(32)28-14-15-30-16-24(20-6-2-5-9-23(20)30)34-17-25(31)29-22-8-4-3-7-21(22)27/h2-13,16H,14-15,17H2,1H3,(H,28,32)(H,29,31). The molecular weight excluding hydrogens is 453 g/mol. The maximum absolute atomic E-state index is 13.8. The van der Waals surface area contributed by atoms with Gasteiger partial charge in [0.15, 0.2) is 0 Å². The molecule has 0 aliphatic carbocycles. The van der Waals surface area contributed by atoms with Crippen LogP contribution in [0.4, 0.5) is 10.1 Å². The van der Waals surface area contributed by atoms with E-state index in [1.807, 2.05) is 30.5 Å². The maximum Gasteiger partial charge on any atom is 0.251 e. The summed E-state index contributed by atoms with van der Waals surface area (Å²) in [4.78, 5) is 25.7. The Morgan fingerprint density at radius 1 is 1.00 bits per heavy atom. The predicted octanol–water partition coefficient (Wildman–Crippen LogP) is 4.95. The molecule has 0 spiro atoms. The van der Waals surface area contributed by atoms with Gasteiger partial charge < -0.3 is 19.9 Å². The maximum atomic E-state index is 13.8. The van der Waals surface area contributed by atoms with Crippen LogP contribution >= 0.6 is 11.8 Å². The lowest BCUT2D eigenvalue weighted by Gasteiger charge is -2.08. The van der Waals surface area contributed by atoms with Gasteiger partial charge >= 0.3 is 0 Å². The van der Waals surface area contributed by atoms with Crippen LogP contribution in [-0.4, -0.2) is 35.8 Å². The predicted molar refractivity (Wildman–Crippen MR) is 133 cm³/mol. The van der Waals surface area contributed by atoms with E-state index in [1.165, 1.54) is 23.9 Å². The fourth-order valence-corrected chi connectivity index (χ4v) is 4.43. The summed E-state index contributed by atoms with van der Waals surface area (Å²) in [5.74, 6) is -0.0503. The van der Waals surface area contributed by atoms with Crippen molar-refractivity contribution in [1.29, 1.82) is 0 Å². The van der Waals surface area contributed by atoms with Crippen molar-refractivity contribution in [3.8, 4) is 5.75 Å². The zero-order valence-electron chi connectivity index (χ0n) is 18.6. The number of nitrogens with one attached hydrogen (secondary N) is 2. The number of hydrogen-bond donors (Lipinski definition) is 2. The number of aromatic nitrogens is 1. The van der Waals surface area contributed by atoms with Crippen molar-refractivity contribution in [2.75, 3.05) is 24.7 Å². The van der Waals surface area contributed by atoms with Gasteiger partial charge in [0.25, 0.3) is 5.91 Å². The molecule has 0 saturated carbocycles. The number of ether oxygens (including phenoxy) is 1. The van der Waals surface area contributed by atoms with Gasteiger partial charge in [-0.15, -0.1) is 11.8 Å². The Labute approximate surface area is 201 Å². The van der Waals surface area contributed by atoms with Crippen LogP contribution in [0, 0.1) is 5.82 Å². The van der Waals surface area contributed by atoms with E-state index in [2.05, 4.69) is 15.2 Å². The lowest BCUT2D eigenvalue weighted by Crippen LogP contribution is -2.27. The van der Waals surface area contributed by atoms with Gasteiger partial charge in [0.05, 0.1) is 18.6 Å². The SMILES string of the molecule is COc1ccc(C(=O)NCCn2cc(SCC(=O)Nc3ccccc3F)c3ccccc32)cc1. The minimum Gasteiger partial charge on any atom is -0.497 e. The molecule has 0 radical (unpaired) electrons. The number of thioether (sulfide) groups is 1. The van der Waals surface area contributed by atoms with Crippen LogP contribution in [0.2, 0.25) is 0 Å². The van der Waals surface area contributed by atoms with Crippen molar-refractivity contribution in [2.24, 2.45) is 0 Å². The van der Waals surface area contributed by atoms with Crippen LogP contribution in [0.3, 0.4) is 0 Å². The number of carbonyl (C=O) groups is 2. The van der Waals surface area contributed by atoms with Gasteiger partial charge in [-0.3, -0.25) is 9.59 Å². The third kappa shape index (κ3) is 5.58. The molecule has 174 valence electrons. The Morgan fingerprint density at radius 3 is 2.50 bits per heavy atom. The van der Waals surface area contributed by atoms with Crippen molar-refractivity contribution in [3.05, 3.63) is 90.4 Å². The highest BCUT2D eigenvalue weighted by atomic mass is 32.2. The van der Waals surface area contributed by atoms with Gasteiger partial charge in [0, 0.05) is 40.6 Å². The van der Waals surface area contributed by atoms with Crippen LogP contribution in [0.1, 0.15) is 10.4 Å². The highest BCUT2D eigenvalue weighted by Gasteiger charge is 2.12. The van der Waals surface area contributed by atoms with E-state index in [0.29, 0.717) is 24.4 Å². The molecule has 4 aromatic rings. The molecule has 0 unspecified atom stereocenters. The Morgan fingerprint density at radius 2 is 1.74 bits per heavy atom. The highest BCUT2D eigenvalue weighted by Crippen LogP contribution is 2.30. The lowest BCUT2D eigenvalue weighted by molar-refractivity contribution is -0.113. The summed E-state index contributed by atoms with van der Waals surface area (Å²) in [6.45, 7) is 1.02. The molecule has 0 saturated heterocycles. The molecule has 0 aliphatic rings. The number of fused-ring (bicyclic) bond motifs is 1. The van der Waals surface area contributed by atoms with Gasteiger partial charge in [-0.2, -0.15) is 0 Å². The summed E-state index contributed by atoms with van der Waals surface area (Å²) in [6.07, 6.45) is 1.98. The summed E-state index contributed by atoms with van der Waals surface area (Å²) >= 11 is 1.39. The first-order valence-electron chi connectivity index (χ1n) is 10.7. The summed E-state index contributed by atoms with van der Waals surface area (Å²) in [5.41, 5.74) is 1.75. The van der Waals surface area contributed by atoms with Gasteiger partial charge in [0.1, 0.15) is 11.6 Å². The van der Waals surface area contributed by atoms with Crippen LogP contribution < -0.4 is 15.4 Å². The largest absolute Gasteiger partial charge is 0.497 e. The molecule has 34 heavy (non-hydrogen) atoms. The van der Waals surface area contributed by atoms with E-state index >= 15 is 0 Å². The highest BCUT2D eigenvalue weighted by molar-refractivity contribution is 8.00. The zero-order chi connectivity index (χ0) is 23.9. The first-order valence-corrected chi connectivity index (χ1v) is 11.7. The van der Waals surface area contributed by atoms with E-state index in [-0.39, 0.29) is 23.3 Å². The third-order valence-corrected chi connectivity index (χ3v) is 6.29. The van der Waals surface area contributed by atoms with Crippen molar-refractivity contribution < 1.29 is 18.7 Å². The second kappa shape index (κ2) is 10.9. The number of hydrogen-bond acceptors (Lipinski definition) is 4. The number of anilines is 1. The Bertz CT molecular complexity index is 1300.